The van der Waals surface area contributed by atoms with Gasteiger partial charge in [0.1, 0.15) is 11.2 Å². The van der Waals surface area contributed by atoms with Gasteiger partial charge < -0.3 is 19.9 Å². The molecule has 4 heterocycles. The number of piperazine rings is 1. The average molecular weight is 374 g/mol. The van der Waals surface area contributed by atoms with Gasteiger partial charge in [-0.2, -0.15) is 0 Å². The van der Waals surface area contributed by atoms with E-state index in [2.05, 4.69) is 10.3 Å². The number of halogens is 1. The van der Waals surface area contributed by atoms with Gasteiger partial charge in [-0.25, -0.2) is 14.2 Å². The Hall–Kier alpha value is -2.48. The standard InChI is InChI=1S/C19H23FN4O3/c1-9-14-5-10(7-21-14)24(9)17-13(20)6-11-15(25)12(18(26)27)8-23(16(11)22-17)19(2,3)4/h6,8-10,14,21H,5,7H2,1-4H3,(H,26,27)/t9-,10-,14-/m1/s1. The number of aromatic nitrogens is 2. The van der Waals surface area contributed by atoms with E-state index in [1.807, 2.05) is 32.6 Å². The van der Waals surface area contributed by atoms with Crippen molar-refractivity contribution in [3.8, 4) is 0 Å². The maximum absolute atomic E-state index is 15.0. The van der Waals surface area contributed by atoms with E-state index in [4.69, 9.17) is 0 Å². The highest BCUT2D eigenvalue weighted by Crippen LogP contribution is 2.35. The van der Waals surface area contributed by atoms with Crippen LogP contribution in [0, 0.1) is 5.82 Å². The molecule has 0 amide bonds. The minimum atomic E-state index is -1.33. The Morgan fingerprint density at radius 3 is 2.67 bits per heavy atom. The van der Waals surface area contributed by atoms with Crippen LogP contribution in [-0.2, 0) is 5.54 Å². The monoisotopic (exact) mass is 374 g/mol. The van der Waals surface area contributed by atoms with Crippen LogP contribution in [0.1, 0.15) is 44.5 Å². The smallest absolute Gasteiger partial charge is 0.341 e. The fourth-order valence-corrected chi connectivity index (χ4v) is 4.28. The Morgan fingerprint density at radius 2 is 2.11 bits per heavy atom. The van der Waals surface area contributed by atoms with Gasteiger partial charge in [0, 0.05) is 36.4 Å². The number of carbonyl (C=O) groups is 1. The summed E-state index contributed by atoms with van der Waals surface area (Å²) < 4.78 is 16.6. The van der Waals surface area contributed by atoms with Gasteiger partial charge in [0.15, 0.2) is 11.6 Å². The number of hydrogen-bond acceptors (Lipinski definition) is 5. The lowest BCUT2D eigenvalue weighted by atomic mass is 10.1. The van der Waals surface area contributed by atoms with Crippen molar-refractivity contribution in [3.05, 3.63) is 33.9 Å². The summed E-state index contributed by atoms with van der Waals surface area (Å²) in [5.74, 6) is -1.70. The predicted octanol–water partition coefficient (Wildman–Crippen LogP) is 1.93. The number of nitrogens with zero attached hydrogens (tertiary/aromatic N) is 3. The molecule has 4 rings (SSSR count). The van der Waals surface area contributed by atoms with E-state index in [1.165, 1.54) is 6.20 Å². The van der Waals surface area contributed by atoms with Crippen LogP contribution >= 0.6 is 0 Å². The van der Waals surface area contributed by atoms with E-state index in [1.54, 1.807) is 4.57 Å². The molecule has 2 aliphatic heterocycles. The highest BCUT2D eigenvalue weighted by Gasteiger charge is 2.45. The topological polar surface area (TPSA) is 87.5 Å². The van der Waals surface area contributed by atoms with E-state index >= 15 is 0 Å². The lowest BCUT2D eigenvalue weighted by molar-refractivity contribution is 0.0694. The predicted molar refractivity (Wildman–Crippen MR) is 100 cm³/mol. The lowest BCUT2D eigenvalue weighted by Crippen LogP contribution is -2.50. The van der Waals surface area contributed by atoms with Gasteiger partial charge in [0.05, 0.1) is 5.39 Å². The number of anilines is 1. The molecule has 0 aromatic carbocycles. The number of pyridine rings is 2. The Morgan fingerprint density at radius 1 is 1.41 bits per heavy atom. The van der Waals surface area contributed by atoms with Crippen LogP contribution in [0.15, 0.2) is 17.1 Å². The van der Waals surface area contributed by atoms with Gasteiger partial charge in [-0.3, -0.25) is 4.79 Å². The number of hydrogen-bond donors (Lipinski definition) is 2. The quantitative estimate of drug-likeness (QED) is 0.835. The summed E-state index contributed by atoms with van der Waals surface area (Å²) in [7, 11) is 0. The SMILES string of the molecule is C[C@@H]1[C@H]2C[C@H](CN2)N1c1nc2c(cc1F)c(=O)c(C(=O)O)cn2C(C)(C)C. The lowest BCUT2D eigenvalue weighted by Gasteiger charge is -2.35. The Bertz CT molecular complexity index is 1010. The molecule has 0 saturated carbocycles. The van der Waals surface area contributed by atoms with Gasteiger partial charge in [0.2, 0.25) is 5.43 Å². The summed E-state index contributed by atoms with van der Waals surface area (Å²) in [5, 5.41) is 12.8. The molecule has 2 aromatic heterocycles. The van der Waals surface area contributed by atoms with Crippen molar-refractivity contribution in [2.75, 3.05) is 11.4 Å². The molecule has 0 aliphatic carbocycles. The number of carboxylic acid groups (broad SMARTS) is 1. The normalized spacial score (nSPS) is 24.8. The third kappa shape index (κ3) is 2.62. The Labute approximate surface area is 155 Å². The summed E-state index contributed by atoms with van der Waals surface area (Å²) in [4.78, 5) is 30.6. The zero-order valence-corrected chi connectivity index (χ0v) is 15.8. The summed E-state index contributed by atoms with van der Waals surface area (Å²) in [6, 6.07) is 1.70. The maximum atomic E-state index is 15.0. The zero-order chi connectivity index (χ0) is 19.7. The molecule has 8 heteroatoms. The second-order valence-electron chi connectivity index (χ2n) is 8.43. The summed E-state index contributed by atoms with van der Waals surface area (Å²) >= 11 is 0. The number of fused-ring (bicyclic) bond motifs is 3. The van der Waals surface area contributed by atoms with Crippen molar-refractivity contribution in [1.29, 1.82) is 0 Å². The number of rotatable bonds is 2. The van der Waals surface area contributed by atoms with Gasteiger partial charge >= 0.3 is 5.97 Å². The first kappa shape index (κ1) is 17.9. The summed E-state index contributed by atoms with van der Waals surface area (Å²) in [6.07, 6.45) is 2.24. The largest absolute Gasteiger partial charge is 0.477 e. The van der Waals surface area contributed by atoms with Crippen LogP contribution in [0.4, 0.5) is 10.2 Å². The first-order valence-corrected chi connectivity index (χ1v) is 9.11. The van der Waals surface area contributed by atoms with Crippen LogP contribution in [0.25, 0.3) is 11.0 Å². The van der Waals surface area contributed by atoms with Gasteiger partial charge in [0.25, 0.3) is 0 Å². The second-order valence-corrected chi connectivity index (χ2v) is 8.43. The molecule has 0 spiro atoms. The van der Waals surface area contributed by atoms with E-state index in [0.717, 1.165) is 19.0 Å². The van der Waals surface area contributed by atoms with Crippen molar-refractivity contribution in [1.82, 2.24) is 14.9 Å². The summed E-state index contributed by atoms with van der Waals surface area (Å²) in [5.41, 5.74) is -1.33. The van der Waals surface area contributed by atoms with Crippen LogP contribution in [0.2, 0.25) is 0 Å². The van der Waals surface area contributed by atoms with Crippen molar-refractivity contribution >= 4 is 22.8 Å². The molecule has 2 N–H and O–H groups in total. The van der Waals surface area contributed by atoms with E-state index in [0.29, 0.717) is 11.7 Å². The number of aromatic carboxylic acids is 1. The molecule has 0 radical (unpaired) electrons. The average Bonchev–Trinajstić information content (AvgIpc) is 3.15. The Kier molecular flexibility index (Phi) is 3.82. The molecule has 27 heavy (non-hydrogen) atoms. The highest BCUT2D eigenvalue weighted by molar-refractivity contribution is 5.92. The third-order valence-corrected chi connectivity index (χ3v) is 5.67. The van der Waals surface area contributed by atoms with Crippen LogP contribution in [0.5, 0.6) is 0 Å². The molecule has 2 aliphatic rings. The van der Waals surface area contributed by atoms with E-state index < -0.39 is 22.8 Å². The Balaban J connectivity index is 2.00. The van der Waals surface area contributed by atoms with Crippen molar-refractivity contribution < 1.29 is 14.3 Å². The number of nitrogens with one attached hydrogen (secondary N) is 1. The fourth-order valence-electron chi connectivity index (χ4n) is 4.28. The maximum Gasteiger partial charge on any atom is 0.341 e. The molecule has 144 valence electrons. The van der Waals surface area contributed by atoms with Crippen LogP contribution in [0.3, 0.4) is 0 Å². The molecular weight excluding hydrogens is 351 g/mol. The van der Waals surface area contributed by atoms with Crippen LogP contribution < -0.4 is 15.6 Å². The fraction of sp³-hybridized carbons (Fsp3) is 0.526. The van der Waals surface area contributed by atoms with Crippen molar-refractivity contribution in [2.45, 2.75) is 57.8 Å². The molecule has 2 bridgehead atoms. The first-order chi connectivity index (χ1) is 12.6. The molecular formula is C19H23FN4O3. The second kappa shape index (κ2) is 5.76. The third-order valence-electron chi connectivity index (χ3n) is 5.67. The van der Waals surface area contributed by atoms with Gasteiger partial charge in [-0.1, -0.05) is 0 Å². The minimum absolute atomic E-state index is 0.0128. The molecule has 2 saturated heterocycles. The first-order valence-electron chi connectivity index (χ1n) is 9.11. The molecule has 0 unspecified atom stereocenters. The molecule has 2 aromatic rings. The molecule has 2 fully saturated rings. The molecule has 3 atom stereocenters. The van der Waals surface area contributed by atoms with Crippen molar-refractivity contribution in [2.24, 2.45) is 0 Å². The highest BCUT2D eigenvalue weighted by atomic mass is 19.1. The van der Waals surface area contributed by atoms with Crippen LogP contribution in [-0.4, -0.2) is 45.3 Å². The minimum Gasteiger partial charge on any atom is -0.477 e. The van der Waals surface area contributed by atoms with Crippen molar-refractivity contribution in [3.63, 3.8) is 0 Å². The number of carboxylic acids is 1. The molecule has 7 nitrogen and oxygen atoms in total. The van der Waals surface area contributed by atoms with E-state index in [-0.39, 0.29) is 28.9 Å². The van der Waals surface area contributed by atoms with E-state index in [9.17, 15) is 19.1 Å². The zero-order valence-electron chi connectivity index (χ0n) is 15.8. The van der Waals surface area contributed by atoms with Gasteiger partial charge in [-0.15, -0.1) is 0 Å². The van der Waals surface area contributed by atoms with Gasteiger partial charge in [-0.05, 0) is 40.2 Å². The summed E-state index contributed by atoms with van der Waals surface area (Å²) in [6.45, 7) is 8.47.